The largest absolute Gasteiger partial charge is 0.378 e. The van der Waals surface area contributed by atoms with Gasteiger partial charge in [0.05, 0.1) is 13.2 Å². The van der Waals surface area contributed by atoms with Crippen molar-refractivity contribution >= 4 is 5.78 Å². The molecule has 1 saturated heterocycles. The lowest BCUT2D eigenvalue weighted by molar-refractivity contribution is -0.178. The highest BCUT2D eigenvalue weighted by molar-refractivity contribution is 5.98. The Morgan fingerprint density at radius 1 is 1.67 bits per heavy atom. The summed E-state index contributed by atoms with van der Waals surface area (Å²) in [5.74, 6) is -0.106. The fourth-order valence-corrected chi connectivity index (χ4v) is 1.48. The van der Waals surface area contributed by atoms with E-state index in [2.05, 4.69) is 0 Å². The van der Waals surface area contributed by atoms with Crippen LogP contribution in [-0.4, -0.2) is 36.0 Å². The molecule has 2 unspecified atom stereocenters. The SMILES string of the molecule is O=C1C=CC(O)OC12CCOC2. The predicted molar refractivity (Wildman–Crippen MR) is 39.4 cm³/mol. The second kappa shape index (κ2) is 2.65. The summed E-state index contributed by atoms with van der Waals surface area (Å²) < 4.78 is 10.2. The molecule has 0 bridgehead atoms. The molecule has 66 valence electrons. The average Bonchev–Trinajstić information content (AvgIpc) is 2.48. The quantitative estimate of drug-likeness (QED) is 0.538. The molecule has 0 aromatic heterocycles. The van der Waals surface area contributed by atoms with Crippen LogP contribution in [0.2, 0.25) is 0 Å². The maximum Gasteiger partial charge on any atom is 0.189 e. The molecule has 1 fully saturated rings. The zero-order valence-electron chi connectivity index (χ0n) is 6.53. The summed E-state index contributed by atoms with van der Waals surface area (Å²) >= 11 is 0. The molecule has 2 aliphatic heterocycles. The van der Waals surface area contributed by atoms with Gasteiger partial charge in [0, 0.05) is 6.42 Å². The third kappa shape index (κ3) is 1.08. The Hall–Kier alpha value is -0.710. The van der Waals surface area contributed by atoms with Crippen LogP contribution >= 0.6 is 0 Å². The van der Waals surface area contributed by atoms with Crippen LogP contribution in [0, 0.1) is 0 Å². The Labute approximate surface area is 69.8 Å². The third-order valence-electron chi connectivity index (χ3n) is 2.19. The number of ether oxygens (including phenoxy) is 2. The lowest BCUT2D eigenvalue weighted by Gasteiger charge is -2.29. The van der Waals surface area contributed by atoms with Gasteiger partial charge in [0.1, 0.15) is 0 Å². The molecular weight excluding hydrogens is 160 g/mol. The number of carbonyl (C=O) groups excluding carboxylic acids is 1. The molecule has 0 aromatic carbocycles. The lowest BCUT2D eigenvalue weighted by Crippen LogP contribution is -2.46. The summed E-state index contributed by atoms with van der Waals surface area (Å²) in [5, 5.41) is 9.14. The highest BCUT2D eigenvalue weighted by atomic mass is 16.6. The standard InChI is InChI=1S/C8H10O4/c9-6-1-2-7(10)12-8(6)3-4-11-5-8/h1-2,7,10H,3-5H2. The van der Waals surface area contributed by atoms with Crippen molar-refractivity contribution in [2.75, 3.05) is 13.2 Å². The smallest absolute Gasteiger partial charge is 0.189 e. The second-order valence-electron chi connectivity index (χ2n) is 3.03. The molecule has 2 rings (SSSR count). The molecule has 12 heavy (non-hydrogen) atoms. The molecule has 0 radical (unpaired) electrons. The first-order valence-electron chi connectivity index (χ1n) is 3.89. The van der Waals surface area contributed by atoms with Crippen LogP contribution in [0.5, 0.6) is 0 Å². The summed E-state index contributed by atoms with van der Waals surface area (Å²) in [7, 11) is 0. The van der Waals surface area contributed by atoms with Gasteiger partial charge in [-0.05, 0) is 12.2 Å². The highest BCUT2D eigenvalue weighted by Gasteiger charge is 2.45. The zero-order chi connectivity index (χ0) is 8.60. The van der Waals surface area contributed by atoms with Crippen LogP contribution < -0.4 is 0 Å². The van der Waals surface area contributed by atoms with Crippen LogP contribution in [0.25, 0.3) is 0 Å². The van der Waals surface area contributed by atoms with Crippen molar-refractivity contribution in [2.45, 2.75) is 18.3 Å². The van der Waals surface area contributed by atoms with Gasteiger partial charge in [-0.3, -0.25) is 4.79 Å². The number of hydrogen-bond acceptors (Lipinski definition) is 4. The molecule has 2 heterocycles. The van der Waals surface area contributed by atoms with Gasteiger partial charge < -0.3 is 14.6 Å². The Morgan fingerprint density at radius 2 is 2.50 bits per heavy atom. The summed E-state index contributed by atoms with van der Waals surface area (Å²) in [5.41, 5.74) is -0.895. The van der Waals surface area contributed by atoms with E-state index in [0.29, 0.717) is 13.0 Å². The van der Waals surface area contributed by atoms with Crippen LogP contribution in [0.4, 0.5) is 0 Å². The minimum absolute atomic E-state index is 0.106. The molecular formula is C8H10O4. The Bertz CT molecular complexity index is 227. The normalized spacial score (nSPS) is 41.1. The Kier molecular flexibility index (Phi) is 1.75. The van der Waals surface area contributed by atoms with Crippen LogP contribution in [0.1, 0.15) is 6.42 Å². The molecule has 4 heteroatoms. The van der Waals surface area contributed by atoms with E-state index in [1.54, 1.807) is 0 Å². The number of aliphatic hydroxyl groups excluding tert-OH is 1. The molecule has 0 saturated carbocycles. The van der Waals surface area contributed by atoms with E-state index in [4.69, 9.17) is 14.6 Å². The summed E-state index contributed by atoms with van der Waals surface area (Å²) in [6, 6.07) is 0. The van der Waals surface area contributed by atoms with Gasteiger partial charge >= 0.3 is 0 Å². The van der Waals surface area contributed by atoms with E-state index in [1.807, 2.05) is 0 Å². The van der Waals surface area contributed by atoms with Crippen molar-refractivity contribution in [3.63, 3.8) is 0 Å². The lowest BCUT2D eigenvalue weighted by atomic mass is 9.95. The molecule has 1 spiro atoms. The van der Waals surface area contributed by atoms with E-state index >= 15 is 0 Å². The summed E-state index contributed by atoms with van der Waals surface area (Å²) in [4.78, 5) is 11.4. The van der Waals surface area contributed by atoms with E-state index in [0.717, 1.165) is 0 Å². The van der Waals surface area contributed by atoms with Crippen molar-refractivity contribution in [1.82, 2.24) is 0 Å². The number of carbonyl (C=O) groups is 1. The zero-order valence-corrected chi connectivity index (χ0v) is 6.53. The monoisotopic (exact) mass is 170 g/mol. The minimum atomic E-state index is -0.968. The number of rotatable bonds is 0. The van der Waals surface area contributed by atoms with E-state index in [-0.39, 0.29) is 12.4 Å². The van der Waals surface area contributed by atoms with Crippen molar-refractivity contribution in [3.05, 3.63) is 12.2 Å². The Morgan fingerprint density at radius 3 is 3.17 bits per heavy atom. The van der Waals surface area contributed by atoms with E-state index < -0.39 is 11.9 Å². The maximum absolute atomic E-state index is 11.4. The van der Waals surface area contributed by atoms with Crippen molar-refractivity contribution in [1.29, 1.82) is 0 Å². The van der Waals surface area contributed by atoms with Gasteiger partial charge in [-0.15, -0.1) is 0 Å². The van der Waals surface area contributed by atoms with Gasteiger partial charge in [-0.25, -0.2) is 0 Å². The van der Waals surface area contributed by atoms with Crippen LogP contribution in [0.3, 0.4) is 0 Å². The van der Waals surface area contributed by atoms with Crippen molar-refractivity contribution < 1.29 is 19.4 Å². The number of ketones is 1. The summed E-state index contributed by atoms with van der Waals surface area (Å²) in [6.07, 6.45) is 2.27. The molecule has 0 aliphatic carbocycles. The fraction of sp³-hybridized carbons (Fsp3) is 0.625. The topological polar surface area (TPSA) is 55.8 Å². The van der Waals surface area contributed by atoms with Crippen LogP contribution in [0.15, 0.2) is 12.2 Å². The van der Waals surface area contributed by atoms with E-state index in [9.17, 15) is 4.79 Å². The highest BCUT2D eigenvalue weighted by Crippen LogP contribution is 2.28. The third-order valence-corrected chi connectivity index (χ3v) is 2.19. The molecule has 4 nitrogen and oxygen atoms in total. The van der Waals surface area contributed by atoms with Gasteiger partial charge in [0.2, 0.25) is 0 Å². The van der Waals surface area contributed by atoms with Gasteiger partial charge in [0.15, 0.2) is 17.7 Å². The molecule has 2 aliphatic rings. The summed E-state index contributed by atoms with van der Waals surface area (Å²) in [6.45, 7) is 0.777. The first-order chi connectivity index (χ1) is 5.73. The first-order valence-corrected chi connectivity index (χ1v) is 3.89. The second-order valence-corrected chi connectivity index (χ2v) is 3.03. The van der Waals surface area contributed by atoms with Gasteiger partial charge in [-0.1, -0.05) is 0 Å². The van der Waals surface area contributed by atoms with Crippen LogP contribution in [-0.2, 0) is 14.3 Å². The van der Waals surface area contributed by atoms with Gasteiger partial charge in [-0.2, -0.15) is 0 Å². The molecule has 0 aromatic rings. The fourth-order valence-electron chi connectivity index (χ4n) is 1.48. The number of hydrogen-bond donors (Lipinski definition) is 1. The molecule has 0 amide bonds. The number of aliphatic hydroxyl groups is 1. The van der Waals surface area contributed by atoms with Crippen molar-refractivity contribution in [2.24, 2.45) is 0 Å². The van der Waals surface area contributed by atoms with E-state index in [1.165, 1.54) is 12.2 Å². The van der Waals surface area contributed by atoms with Gasteiger partial charge in [0.25, 0.3) is 0 Å². The molecule has 2 atom stereocenters. The first kappa shape index (κ1) is 7.91. The predicted octanol–water partition coefficient (Wildman–Crippen LogP) is -0.381. The van der Waals surface area contributed by atoms with Crippen molar-refractivity contribution in [3.8, 4) is 0 Å². The average molecular weight is 170 g/mol. The Balaban J connectivity index is 2.24. The molecule has 1 N–H and O–H groups in total. The minimum Gasteiger partial charge on any atom is -0.378 e. The maximum atomic E-state index is 11.4.